The Kier molecular flexibility index (Phi) is 3.18. The number of aromatic nitrogens is 5. The molecule has 21 heavy (non-hydrogen) atoms. The van der Waals surface area contributed by atoms with Gasteiger partial charge in [-0.1, -0.05) is 0 Å². The number of nitrogens with one attached hydrogen (secondary N) is 1. The van der Waals surface area contributed by atoms with Crippen LogP contribution in [0.3, 0.4) is 0 Å². The van der Waals surface area contributed by atoms with Crippen LogP contribution in [0.15, 0.2) is 23.1 Å². The number of non-ortho nitro benzene ring substituents is 1. The molecule has 2 aromatic heterocycles. The van der Waals surface area contributed by atoms with Gasteiger partial charge in [0.15, 0.2) is 5.52 Å². The lowest BCUT2D eigenvalue weighted by atomic mass is 10.2. The lowest BCUT2D eigenvalue weighted by Crippen LogP contribution is -2.09. The SMILES string of the molecule is Cn1cnnc1CCNc1ccc([N+](=O)[O-])c2nonc12. The summed E-state index contributed by atoms with van der Waals surface area (Å²) in [5.74, 6) is 0.832. The van der Waals surface area contributed by atoms with Crippen molar-refractivity contribution in [2.24, 2.45) is 7.05 Å². The highest BCUT2D eigenvalue weighted by atomic mass is 16.6. The van der Waals surface area contributed by atoms with Crippen LogP contribution in [0.4, 0.5) is 11.4 Å². The van der Waals surface area contributed by atoms with Crippen molar-refractivity contribution in [1.29, 1.82) is 0 Å². The maximum Gasteiger partial charge on any atom is 0.300 e. The van der Waals surface area contributed by atoms with Crippen molar-refractivity contribution >= 4 is 22.4 Å². The highest BCUT2D eigenvalue weighted by Crippen LogP contribution is 2.28. The van der Waals surface area contributed by atoms with E-state index in [0.29, 0.717) is 24.2 Å². The lowest BCUT2D eigenvalue weighted by Gasteiger charge is -2.05. The topological polar surface area (TPSA) is 125 Å². The van der Waals surface area contributed by atoms with Crippen LogP contribution in [0.2, 0.25) is 0 Å². The first-order chi connectivity index (χ1) is 10.2. The van der Waals surface area contributed by atoms with Gasteiger partial charge in [-0.15, -0.1) is 10.2 Å². The predicted molar refractivity (Wildman–Crippen MR) is 71.7 cm³/mol. The van der Waals surface area contributed by atoms with E-state index in [-0.39, 0.29) is 11.2 Å². The van der Waals surface area contributed by atoms with Gasteiger partial charge in [-0.2, -0.15) is 0 Å². The third kappa shape index (κ3) is 2.38. The summed E-state index contributed by atoms with van der Waals surface area (Å²) in [6.45, 7) is 0.576. The van der Waals surface area contributed by atoms with Crippen LogP contribution in [0.25, 0.3) is 11.0 Å². The first kappa shape index (κ1) is 13.0. The molecule has 108 valence electrons. The Morgan fingerprint density at radius 1 is 1.38 bits per heavy atom. The number of benzene rings is 1. The zero-order valence-corrected chi connectivity index (χ0v) is 11.1. The second-order valence-corrected chi connectivity index (χ2v) is 4.39. The number of fused-ring (bicyclic) bond motifs is 1. The standard InChI is InChI=1S/C11H11N7O3/c1-17-6-13-14-9(17)4-5-12-7-2-3-8(18(19)20)11-10(7)15-21-16-11/h2-3,6,12H,4-5H2,1H3. The van der Waals surface area contributed by atoms with Crippen molar-refractivity contribution in [3.05, 3.63) is 34.4 Å². The third-order valence-corrected chi connectivity index (χ3v) is 3.06. The second-order valence-electron chi connectivity index (χ2n) is 4.39. The van der Waals surface area contributed by atoms with E-state index in [1.54, 1.807) is 12.4 Å². The van der Waals surface area contributed by atoms with Crippen LogP contribution in [0.1, 0.15) is 5.82 Å². The van der Waals surface area contributed by atoms with Gasteiger partial charge in [0.1, 0.15) is 12.2 Å². The fourth-order valence-corrected chi connectivity index (χ4v) is 1.99. The van der Waals surface area contributed by atoms with Gasteiger partial charge in [-0.05, 0) is 16.4 Å². The molecule has 0 amide bonds. The Morgan fingerprint density at radius 3 is 2.90 bits per heavy atom. The smallest absolute Gasteiger partial charge is 0.300 e. The molecule has 0 saturated heterocycles. The Labute approximate surface area is 117 Å². The van der Waals surface area contributed by atoms with Crippen LogP contribution < -0.4 is 5.32 Å². The molecular formula is C11H11N7O3. The first-order valence-corrected chi connectivity index (χ1v) is 6.13. The molecule has 0 bridgehead atoms. The molecule has 1 aromatic carbocycles. The van der Waals surface area contributed by atoms with Crippen LogP contribution in [-0.4, -0.2) is 36.5 Å². The van der Waals surface area contributed by atoms with E-state index < -0.39 is 4.92 Å². The summed E-state index contributed by atoms with van der Waals surface area (Å²) in [5, 5.41) is 29.1. The molecule has 0 fully saturated rings. The second kappa shape index (κ2) is 5.15. The van der Waals surface area contributed by atoms with E-state index >= 15 is 0 Å². The minimum Gasteiger partial charge on any atom is -0.383 e. The van der Waals surface area contributed by atoms with Crippen molar-refractivity contribution in [3.8, 4) is 0 Å². The monoisotopic (exact) mass is 289 g/mol. The number of nitro groups is 1. The Balaban J connectivity index is 1.79. The molecule has 10 heteroatoms. The molecule has 0 aliphatic carbocycles. The number of anilines is 1. The Hall–Kier alpha value is -3.04. The summed E-state index contributed by atoms with van der Waals surface area (Å²) < 4.78 is 6.42. The van der Waals surface area contributed by atoms with Gasteiger partial charge in [-0.25, -0.2) is 4.63 Å². The lowest BCUT2D eigenvalue weighted by molar-refractivity contribution is -0.383. The van der Waals surface area contributed by atoms with Crippen LogP contribution in [0, 0.1) is 10.1 Å². The van der Waals surface area contributed by atoms with Crippen molar-refractivity contribution in [3.63, 3.8) is 0 Å². The van der Waals surface area contributed by atoms with E-state index in [9.17, 15) is 10.1 Å². The van der Waals surface area contributed by atoms with Gasteiger partial charge in [0, 0.05) is 26.1 Å². The molecule has 0 radical (unpaired) electrons. The fraction of sp³-hybridized carbons (Fsp3) is 0.273. The van der Waals surface area contributed by atoms with Gasteiger partial charge in [0.25, 0.3) is 0 Å². The number of rotatable bonds is 5. The van der Waals surface area contributed by atoms with Crippen molar-refractivity contribution < 1.29 is 9.55 Å². The summed E-state index contributed by atoms with van der Waals surface area (Å²) in [6, 6.07) is 2.96. The largest absolute Gasteiger partial charge is 0.383 e. The minimum atomic E-state index is -0.518. The summed E-state index contributed by atoms with van der Waals surface area (Å²) >= 11 is 0. The van der Waals surface area contributed by atoms with Crippen LogP contribution >= 0.6 is 0 Å². The summed E-state index contributed by atoms with van der Waals surface area (Å²) in [4.78, 5) is 10.4. The Morgan fingerprint density at radius 2 is 2.19 bits per heavy atom. The molecule has 0 saturated carbocycles. The van der Waals surface area contributed by atoms with E-state index in [0.717, 1.165) is 5.82 Å². The van der Waals surface area contributed by atoms with E-state index in [4.69, 9.17) is 0 Å². The molecule has 0 aliphatic rings. The van der Waals surface area contributed by atoms with Crippen molar-refractivity contribution in [2.75, 3.05) is 11.9 Å². The number of nitrogens with zero attached hydrogens (tertiary/aromatic N) is 6. The Bertz CT molecular complexity index is 794. The van der Waals surface area contributed by atoms with Gasteiger partial charge in [0.2, 0.25) is 5.52 Å². The van der Waals surface area contributed by atoms with Gasteiger partial charge < -0.3 is 9.88 Å². The molecule has 2 heterocycles. The van der Waals surface area contributed by atoms with E-state index in [1.807, 2.05) is 11.6 Å². The van der Waals surface area contributed by atoms with Gasteiger partial charge in [0.05, 0.1) is 10.6 Å². The number of hydrogen-bond acceptors (Lipinski definition) is 8. The van der Waals surface area contributed by atoms with Crippen molar-refractivity contribution in [2.45, 2.75) is 6.42 Å². The fourth-order valence-electron chi connectivity index (χ4n) is 1.99. The van der Waals surface area contributed by atoms with Crippen LogP contribution in [-0.2, 0) is 13.5 Å². The number of aryl methyl sites for hydroxylation is 1. The molecule has 3 aromatic rings. The average molecular weight is 289 g/mol. The van der Waals surface area contributed by atoms with E-state index in [2.05, 4.69) is 30.5 Å². The van der Waals surface area contributed by atoms with E-state index in [1.165, 1.54) is 6.07 Å². The molecular weight excluding hydrogens is 278 g/mol. The zero-order valence-electron chi connectivity index (χ0n) is 11.1. The van der Waals surface area contributed by atoms with Gasteiger partial charge in [-0.3, -0.25) is 10.1 Å². The normalized spacial score (nSPS) is 10.9. The highest BCUT2D eigenvalue weighted by Gasteiger charge is 2.19. The predicted octanol–water partition coefficient (Wildman–Crippen LogP) is 0.914. The molecule has 0 aliphatic heterocycles. The summed E-state index contributed by atoms with van der Waals surface area (Å²) in [6.07, 6.45) is 2.28. The maximum absolute atomic E-state index is 10.9. The molecule has 0 unspecified atom stereocenters. The molecule has 1 N–H and O–H groups in total. The van der Waals surface area contributed by atoms with Crippen molar-refractivity contribution in [1.82, 2.24) is 25.1 Å². The molecule has 3 rings (SSSR count). The highest BCUT2D eigenvalue weighted by molar-refractivity contribution is 5.93. The maximum atomic E-state index is 10.9. The molecule has 0 atom stereocenters. The average Bonchev–Trinajstić information content (AvgIpc) is 3.08. The third-order valence-electron chi connectivity index (χ3n) is 3.06. The first-order valence-electron chi connectivity index (χ1n) is 6.13. The molecule has 0 spiro atoms. The number of nitro benzene ring substituents is 1. The summed E-state index contributed by atoms with van der Waals surface area (Å²) in [5.41, 5.74) is 0.954. The number of hydrogen-bond donors (Lipinski definition) is 1. The van der Waals surface area contributed by atoms with Crippen LogP contribution in [0.5, 0.6) is 0 Å². The quantitative estimate of drug-likeness (QED) is 0.542. The molecule has 10 nitrogen and oxygen atoms in total. The zero-order chi connectivity index (χ0) is 14.8. The minimum absolute atomic E-state index is 0.128. The van der Waals surface area contributed by atoms with Gasteiger partial charge >= 0.3 is 5.69 Å². The summed E-state index contributed by atoms with van der Waals surface area (Å²) in [7, 11) is 1.86.